The average Bonchev–Trinajstić information content (AvgIpc) is 2.87. The van der Waals surface area contributed by atoms with Gasteiger partial charge in [0.15, 0.2) is 0 Å². The maximum Gasteiger partial charge on any atom is 0.495 e. The molecule has 8 N–H and O–H groups in total. The third-order valence-electron chi connectivity index (χ3n) is 16.9. The highest BCUT2D eigenvalue weighted by molar-refractivity contribution is 9.10. The third-order valence-corrected chi connectivity index (χ3v) is 17.6. The fourth-order valence-electron chi connectivity index (χ4n) is 10.8. The topological polar surface area (TPSA) is 235 Å². The standard InChI is InChI=1S/C31H28F2N4O3.C21H24BF2NO3.C16H16BrN3O2/c1-17-22(4-3-5-26(17)36-31(40)21-8-6-20(7-9-21)29(32)33)23-10-11-24(30(34)39)28-25(23)16-27(35-28)19-12-14-37(15-13-19)18(2)38;1-13-16(22-27-20(2,3)21(4,5)28-22)7-6-8-17(13)25-19(26)15-11-9-14(10-12-15)18(23)24;1-9(21)20-6-4-10(5-7-20)14-8-12-13(17)3-2-11(16(18)22)15(12)19-14/h3-12,16,29,35H,13-15H2,1-2H3,(H2,34,39)(H,36,40);6-12,18H,1-5H3,(H,25,26);2-4,8,19H,5-7H2,1H3,(H2,18,22). The number of fused-ring (bicyclic) bond motifs is 2. The molecule has 3 aliphatic rings. The first-order valence-electron chi connectivity index (χ1n) is 29.0. The molecule has 11 rings (SSSR count). The van der Waals surface area contributed by atoms with E-state index in [4.69, 9.17) is 20.8 Å². The van der Waals surface area contributed by atoms with Crippen LogP contribution in [0.5, 0.6) is 0 Å². The van der Waals surface area contributed by atoms with Gasteiger partial charge in [-0.2, -0.15) is 0 Å². The molecule has 466 valence electrons. The van der Waals surface area contributed by atoms with Gasteiger partial charge in [0.25, 0.3) is 36.5 Å². The van der Waals surface area contributed by atoms with Crippen LogP contribution in [0.25, 0.3) is 44.1 Å². The summed E-state index contributed by atoms with van der Waals surface area (Å²) in [7, 11) is -0.535. The number of H-pyrrole nitrogens is 2. The van der Waals surface area contributed by atoms with E-state index in [-0.39, 0.29) is 34.4 Å². The van der Waals surface area contributed by atoms with E-state index in [0.717, 1.165) is 77.4 Å². The summed E-state index contributed by atoms with van der Waals surface area (Å²) in [5.41, 5.74) is 22.1. The van der Waals surface area contributed by atoms with Gasteiger partial charge in [-0.05, 0) is 160 Å². The molecule has 8 aromatic rings. The number of aromatic amines is 2. The maximum atomic E-state index is 12.9. The lowest BCUT2D eigenvalue weighted by molar-refractivity contribution is -0.129. The molecule has 0 atom stereocenters. The highest BCUT2D eigenvalue weighted by atomic mass is 79.9. The Bertz CT molecular complexity index is 4160. The number of carbonyl (C=O) groups is 6. The van der Waals surface area contributed by atoms with Gasteiger partial charge in [-0.1, -0.05) is 82.7 Å². The van der Waals surface area contributed by atoms with E-state index in [1.54, 1.807) is 47.9 Å². The van der Waals surface area contributed by atoms with Gasteiger partial charge in [0, 0.05) is 100 Å². The molecule has 0 radical (unpaired) electrons. The molecule has 1 saturated heterocycles. The number of nitrogens with one attached hydrogen (secondary N) is 4. The second kappa shape index (κ2) is 26.9. The first kappa shape index (κ1) is 65.3. The minimum atomic E-state index is -2.60. The van der Waals surface area contributed by atoms with E-state index in [9.17, 15) is 46.3 Å². The number of nitrogens with two attached hydrogens (primary N) is 2. The Morgan fingerprint density at radius 2 is 1.01 bits per heavy atom. The second-order valence-electron chi connectivity index (χ2n) is 23.2. The second-order valence-corrected chi connectivity index (χ2v) is 24.0. The molecule has 6 amide bonds. The van der Waals surface area contributed by atoms with E-state index in [1.807, 2.05) is 102 Å². The Balaban J connectivity index is 0.000000168. The maximum absolute atomic E-state index is 12.9. The van der Waals surface area contributed by atoms with Gasteiger partial charge in [0.2, 0.25) is 11.8 Å². The van der Waals surface area contributed by atoms with Crippen molar-refractivity contribution in [3.63, 3.8) is 0 Å². The monoisotopic (exact) mass is 1290 g/mol. The number of hydrogen-bond donors (Lipinski definition) is 6. The summed E-state index contributed by atoms with van der Waals surface area (Å²) < 4.78 is 64.3. The number of anilines is 2. The average molecular weight is 1290 g/mol. The zero-order valence-corrected chi connectivity index (χ0v) is 52.5. The number of aromatic nitrogens is 2. The molecule has 3 aliphatic heterocycles. The largest absolute Gasteiger partial charge is 0.495 e. The molecular weight excluding hydrogens is 1220 g/mol. The van der Waals surface area contributed by atoms with Crippen LogP contribution in [-0.4, -0.2) is 99.7 Å². The van der Waals surface area contributed by atoms with E-state index in [2.05, 4.69) is 36.5 Å². The summed E-state index contributed by atoms with van der Waals surface area (Å²) in [6.45, 7) is 17.3. The zero-order chi connectivity index (χ0) is 65.1. The first-order chi connectivity index (χ1) is 42.6. The van der Waals surface area contributed by atoms with Gasteiger partial charge in [-0.25, -0.2) is 17.6 Å². The number of nitrogens with zero attached hydrogens (tertiary/aromatic N) is 2. The Hall–Kier alpha value is -9.12. The van der Waals surface area contributed by atoms with Gasteiger partial charge in [-0.3, -0.25) is 28.8 Å². The fraction of sp³-hybridized carbons (Fsp3) is 0.265. The van der Waals surface area contributed by atoms with Crippen molar-refractivity contribution in [1.82, 2.24) is 19.8 Å². The van der Waals surface area contributed by atoms with Crippen LogP contribution in [0, 0.1) is 13.8 Å². The van der Waals surface area contributed by atoms with Gasteiger partial charge >= 0.3 is 7.12 Å². The summed E-state index contributed by atoms with van der Waals surface area (Å²) >= 11 is 3.50. The lowest BCUT2D eigenvalue weighted by Gasteiger charge is -2.32. The molecule has 0 aliphatic carbocycles. The van der Waals surface area contributed by atoms with Crippen LogP contribution in [0.2, 0.25) is 0 Å². The highest BCUT2D eigenvalue weighted by Crippen LogP contribution is 2.40. The Morgan fingerprint density at radius 1 is 0.578 bits per heavy atom. The van der Waals surface area contributed by atoms with Crippen molar-refractivity contribution in [3.05, 3.63) is 194 Å². The van der Waals surface area contributed by atoms with Crippen molar-refractivity contribution in [2.75, 3.05) is 36.8 Å². The predicted molar refractivity (Wildman–Crippen MR) is 347 cm³/mol. The van der Waals surface area contributed by atoms with Crippen molar-refractivity contribution in [2.45, 2.75) is 92.3 Å². The molecule has 22 heteroatoms. The minimum Gasteiger partial charge on any atom is -0.399 e. The van der Waals surface area contributed by atoms with Gasteiger partial charge in [-0.15, -0.1) is 0 Å². The predicted octanol–water partition coefficient (Wildman–Crippen LogP) is 13.2. The van der Waals surface area contributed by atoms with Crippen LogP contribution in [-0.2, 0) is 18.9 Å². The Morgan fingerprint density at radius 3 is 1.44 bits per heavy atom. The number of amides is 6. The number of alkyl halides is 4. The van der Waals surface area contributed by atoms with Crippen LogP contribution >= 0.6 is 15.9 Å². The normalized spacial score (nSPS) is 15.2. The summed E-state index contributed by atoms with van der Waals surface area (Å²) in [5.74, 6) is -1.67. The van der Waals surface area contributed by atoms with Crippen LogP contribution < -0.4 is 27.6 Å². The van der Waals surface area contributed by atoms with Gasteiger partial charge in [0.05, 0.1) is 33.4 Å². The fourth-order valence-corrected chi connectivity index (χ4v) is 11.3. The lowest BCUT2D eigenvalue weighted by Crippen LogP contribution is -2.41. The molecule has 90 heavy (non-hydrogen) atoms. The Kier molecular flexibility index (Phi) is 19.5. The highest BCUT2D eigenvalue weighted by Gasteiger charge is 2.52. The SMILES string of the molecule is CC(=O)N1CC=C(c2cc3c(-c4cccc(NC(=O)c5ccc(C(F)F)cc5)c4C)ccc(C(N)=O)c3[nH]2)CC1.CC(=O)N1CC=C(c2cc3c(Br)ccc(C(N)=O)c3[nH]2)CC1.Cc1c(NC(=O)c2ccc(C(F)F)cc2)cccc1B1OC(C)(C)C(C)(C)O1. The van der Waals surface area contributed by atoms with Crippen molar-refractivity contribution >= 4 is 108 Å². The molecule has 2 aromatic heterocycles. The number of primary amides is 2. The van der Waals surface area contributed by atoms with Crippen LogP contribution in [0.15, 0.2) is 138 Å². The zero-order valence-electron chi connectivity index (χ0n) is 50.9. The molecule has 5 heterocycles. The molecular formula is C68H68BBrF4N8O8. The van der Waals surface area contributed by atoms with Crippen LogP contribution in [0.3, 0.4) is 0 Å². The van der Waals surface area contributed by atoms with E-state index < -0.39 is 48.9 Å². The number of benzene rings is 6. The van der Waals surface area contributed by atoms with E-state index in [0.29, 0.717) is 66.2 Å². The van der Waals surface area contributed by atoms with Gasteiger partial charge < -0.3 is 51.2 Å². The quantitative estimate of drug-likeness (QED) is 0.0507. The minimum absolute atomic E-state index is 0.0258. The van der Waals surface area contributed by atoms with Crippen molar-refractivity contribution in [1.29, 1.82) is 0 Å². The summed E-state index contributed by atoms with van der Waals surface area (Å²) in [6.07, 6.45) is 0.355. The smallest absolute Gasteiger partial charge is 0.399 e. The van der Waals surface area contributed by atoms with Crippen LogP contribution in [0.4, 0.5) is 28.9 Å². The molecule has 16 nitrogen and oxygen atoms in total. The van der Waals surface area contributed by atoms with Crippen molar-refractivity contribution < 1.29 is 55.6 Å². The molecule has 0 spiro atoms. The molecule has 0 unspecified atom stereocenters. The molecule has 0 bridgehead atoms. The molecule has 0 saturated carbocycles. The summed E-state index contributed by atoms with van der Waals surface area (Å²) in [4.78, 5) is 82.6. The third kappa shape index (κ3) is 14.2. The molecule has 6 aromatic carbocycles. The lowest BCUT2D eigenvalue weighted by atomic mass is 9.76. The number of halogens is 5. The molecule has 1 fully saturated rings. The van der Waals surface area contributed by atoms with Crippen LogP contribution in [0.1, 0.15) is 142 Å². The Labute approximate surface area is 526 Å². The summed E-state index contributed by atoms with van der Waals surface area (Å²) in [5, 5.41) is 7.46. The number of carbonyl (C=O) groups excluding carboxylic acids is 6. The van der Waals surface area contributed by atoms with E-state index >= 15 is 0 Å². The summed E-state index contributed by atoms with van der Waals surface area (Å²) in [6, 6.07) is 32.6. The number of hydrogen-bond acceptors (Lipinski definition) is 8. The van der Waals surface area contributed by atoms with E-state index in [1.165, 1.54) is 48.5 Å². The van der Waals surface area contributed by atoms with Gasteiger partial charge in [0.1, 0.15) is 0 Å². The number of rotatable bonds is 12. The van der Waals surface area contributed by atoms with Crippen molar-refractivity contribution in [3.8, 4) is 11.1 Å². The van der Waals surface area contributed by atoms with Crippen molar-refractivity contribution in [2.24, 2.45) is 11.5 Å². The first-order valence-corrected chi connectivity index (χ1v) is 29.8.